The second-order valence-electron chi connectivity index (χ2n) is 9.64. The van der Waals surface area contributed by atoms with Crippen molar-refractivity contribution in [2.45, 2.75) is 70.4 Å². The van der Waals surface area contributed by atoms with Gasteiger partial charge in [0.2, 0.25) is 0 Å². The van der Waals surface area contributed by atoms with Gasteiger partial charge in [-0.15, -0.1) is 0 Å². The molecule has 0 atom stereocenters. The lowest BCUT2D eigenvalue weighted by molar-refractivity contribution is -0.00287. The highest BCUT2D eigenvalue weighted by Gasteiger charge is 2.38. The predicted octanol–water partition coefficient (Wildman–Crippen LogP) is 2.48. The molecule has 2 saturated heterocycles. The summed E-state index contributed by atoms with van der Waals surface area (Å²) in [4.78, 5) is 19.9. The van der Waals surface area contributed by atoms with Crippen molar-refractivity contribution in [3.05, 3.63) is 17.5 Å². The van der Waals surface area contributed by atoms with E-state index in [0.717, 1.165) is 37.9 Å². The van der Waals surface area contributed by atoms with Crippen LogP contribution in [0.25, 0.3) is 0 Å². The van der Waals surface area contributed by atoms with Crippen LogP contribution in [-0.2, 0) is 5.41 Å². The van der Waals surface area contributed by atoms with Gasteiger partial charge in [-0.2, -0.15) is 5.10 Å². The van der Waals surface area contributed by atoms with Gasteiger partial charge in [0.25, 0.3) is 5.91 Å². The fourth-order valence-electron chi connectivity index (χ4n) is 4.74. The van der Waals surface area contributed by atoms with Crippen molar-refractivity contribution in [3.63, 3.8) is 0 Å². The molecule has 0 bridgehead atoms. The first-order chi connectivity index (χ1) is 12.9. The second-order valence-corrected chi connectivity index (χ2v) is 9.64. The molecule has 1 N–H and O–H groups in total. The molecule has 0 aromatic carbocycles. The summed E-state index contributed by atoms with van der Waals surface area (Å²) in [6.07, 6.45) is 7.04. The number of rotatable bonds is 3. The molecule has 150 valence electrons. The van der Waals surface area contributed by atoms with E-state index >= 15 is 0 Å². The Hall–Kier alpha value is -1.40. The van der Waals surface area contributed by atoms with E-state index in [-0.39, 0.29) is 11.3 Å². The number of aromatic nitrogens is 2. The minimum Gasteiger partial charge on any atom is -0.334 e. The summed E-state index contributed by atoms with van der Waals surface area (Å²) >= 11 is 0. The van der Waals surface area contributed by atoms with Crippen molar-refractivity contribution in [1.82, 2.24) is 24.9 Å². The summed E-state index contributed by atoms with van der Waals surface area (Å²) in [5.41, 5.74) is 1.56. The number of nitrogens with one attached hydrogen (secondary N) is 1. The maximum atomic E-state index is 12.7. The molecule has 6 nitrogen and oxygen atoms in total. The lowest BCUT2D eigenvalue weighted by Crippen LogP contribution is -2.64. The summed E-state index contributed by atoms with van der Waals surface area (Å²) < 4.78 is 0. The van der Waals surface area contributed by atoms with Crippen molar-refractivity contribution < 1.29 is 4.79 Å². The molecule has 1 amide bonds. The Bertz CT molecular complexity index is 644. The van der Waals surface area contributed by atoms with Crippen LogP contribution in [0.3, 0.4) is 0 Å². The van der Waals surface area contributed by atoms with Gasteiger partial charge in [-0.05, 0) is 18.9 Å². The third kappa shape index (κ3) is 4.06. The van der Waals surface area contributed by atoms with Gasteiger partial charge in [-0.1, -0.05) is 40.0 Å². The largest absolute Gasteiger partial charge is 0.334 e. The third-order valence-electron chi connectivity index (χ3n) is 6.71. The van der Waals surface area contributed by atoms with Crippen LogP contribution in [0.1, 0.15) is 69.1 Å². The average Bonchev–Trinajstić information content (AvgIpc) is 3.12. The normalized spacial score (nSPS) is 24.2. The van der Waals surface area contributed by atoms with Crippen LogP contribution in [0, 0.1) is 0 Å². The minimum absolute atomic E-state index is 0.0129. The Morgan fingerprint density at radius 3 is 2.15 bits per heavy atom. The standard InChI is InChI=1S/C21H35N5O/c1-21(2,3)19-13-18(22-23-19)20(27)26-14-17(15-26)25-11-9-24(10-12-25)16-7-5-4-6-8-16/h13,16-17H,4-12,14-15H2,1-3H3,(H,22,23). The van der Waals surface area contributed by atoms with E-state index in [1.54, 1.807) is 0 Å². The molecule has 4 rings (SSSR count). The third-order valence-corrected chi connectivity index (χ3v) is 6.71. The van der Waals surface area contributed by atoms with Crippen LogP contribution in [0.15, 0.2) is 6.07 Å². The molecule has 2 aliphatic heterocycles. The number of hydrogen-bond acceptors (Lipinski definition) is 4. The number of carbonyl (C=O) groups is 1. The average molecular weight is 374 g/mol. The summed E-state index contributed by atoms with van der Waals surface area (Å²) in [6, 6.07) is 3.28. The topological polar surface area (TPSA) is 55.5 Å². The van der Waals surface area contributed by atoms with Crippen LogP contribution in [0.2, 0.25) is 0 Å². The summed E-state index contributed by atoms with van der Waals surface area (Å²) in [7, 11) is 0. The van der Waals surface area contributed by atoms with Crippen LogP contribution in [0.5, 0.6) is 0 Å². The number of hydrogen-bond donors (Lipinski definition) is 1. The van der Waals surface area contributed by atoms with Gasteiger partial charge < -0.3 is 4.90 Å². The van der Waals surface area contributed by atoms with E-state index in [1.807, 2.05) is 11.0 Å². The van der Waals surface area contributed by atoms with E-state index in [4.69, 9.17) is 0 Å². The molecule has 1 saturated carbocycles. The summed E-state index contributed by atoms with van der Waals surface area (Å²) in [5, 5.41) is 7.28. The van der Waals surface area contributed by atoms with Crippen molar-refractivity contribution in [1.29, 1.82) is 0 Å². The van der Waals surface area contributed by atoms with Gasteiger partial charge in [-0.25, -0.2) is 0 Å². The number of nitrogens with zero attached hydrogens (tertiary/aromatic N) is 4. The zero-order valence-corrected chi connectivity index (χ0v) is 17.2. The van der Waals surface area contributed by atoms with Gasteiger partial charge >= 0.3 is 0 Å². The number of H-pyrrole nitrogens is 1. The van der Waals surface area contributed by atoms with Crippen LogP contribution in [-0.4, -0.2) is 82.2 Å². The smallest absolute Gasteiger partial charge is 0.274 e. The van der Waals surface area contributed by atoms with Crippen LogP contribution < -0.4 is 0 Å². The van der Waals surface area contributed by atoms with Crippen LogP contribution >= 0.6 is 0 Å². The highest BCUT2D eigenvalue weighted by molar-refractivity contribution is 5.93. The van der Waals surface area contributed by atoms with Crippen molar-refractivity contribution >= 4 is 5.91 Å². The van der Waals surface area contributed by atoms with E-state index < -0.39 is 0 Å². The lowest BCUT2D eigenvalue weighted by atomic mass is 9.92. The van der Waals surface area contributed by atoms with E-state index in [0.29, 0.717) is 11.7 Å². The van der Waals surface area contributed by atoms with Gasteiger partial charge in [-0.3, -0.25) is 19.7 Å². The van der Waals surface area contributed by atoms with Crippen molar-refractivity contribution in [2.75, 3.05) is 39.3 Å². The molecular weight excluding hydrogens is 338 g/mol. The molecule has 27 heavy (non-hydrogen) atoms. The molecule has 3 fully saturated rings. The fraction of sp³-hybridized carbons (Fsp3) is 0.810. The minimum atomic E-state index is -0.0129. The zero-order chi connectivity index (χ0) is 19.0. The Kier molecular flexibility index (Phi) is 5.30. The summed E-state index contributed by atoms with van der Waals surface area (Å²) in [6.45, 7) is 12.8. The first-order valence-corrected chi connectivity index (χ1v) is 10.7. The lowest BCUT2D eigenvalue weighted by Gasteiger charge is -2.49. The number of aromatic amines is 1. The molecule has 1 aliphatic carbocycles. The molecule has 0 spiro atoms. The number of carbonyl (C=O) groups excluding carboxylic acids is 1. The molecule has 0 radical (unpaired) electrons. The Balaban J connectivity index is 1.24. The number of amides is 1. The molecular formula is C21H35N5O. The number of piperazine rings is 1. The first kappa shape index (κ1) is 18.9. The second kappa shape index (κ2) is 7.55. The van der Waals surface area contributed by atoms with Gasteiger partial charge in [0.05, 0.1) is 0 Å². The molecule has 3 aliphatic rings. The Morgan fingerprint density at radius 2 is 1.59 bits per heavy atom. The van der Waals surface area contributed by atoms with Gasteiger partial charge in [0, 0.05) is 62.5 Å². The van der Waals surface area contributed by atoms with Gasteiger partial charge in [0.1, 0.15) is 5.69 Å². The zero-order valence-electron chi connectivity index (χ0n) is 17.2. The Labute approximate surface area is 163 Å². The quantitative estimate of drug-likeness (QED) is 0.884. The highest BCUT2D eigenvalue weighted by atomic mass is 16.2. The summed E-state index contributed by atoms with van der Waals surface area (Å²) in [5.74, 6) is 0.0684. The molecule has 1 aromatic heterocycles. The molecule has 0 unspecified atom stereocenters. The van der Waals surface area contributed by atoms with Crippen LogP contribution in [0.4, 0.5) is 0 Å². The van der Waals surface area contributed by atoms with E-state index in [9.17, 15) is 4.79 Å². The monoisotopic (exact) mass is 373 g/mol. The van der Waals surface area contributed by atoms with Crippen molar-refractivity contribution in [3.8, 4) is 0 Å². The highest BCUT2D eigenvalue weighted by Crippen LogP contribution is 2.26. The molecule has 6 heteroatoms. The Morgan fingerprint density at radius 1 is 1.00 bits per heavy atom. The van der Waals surface area contributed by atoms with E-state index in [2.05, 4.69) is 40.8 Å². The SMILES string of the molecule is CC(C)(C)c1cc(C(=O)N2CC(N3CCN(C4CCCCC4)CC3)C2)n[nH]1. The predicted molar refractivity (Wildman–Crippen MR) is 107 cm³/mol. The number of likely N-dealkylation sites (tertiary alicyclic amines) is 1. The maximum absolute atomic E-state index is 12.7. The van der Waals surface area contributed by atoms with Gasteiger partial charge in [0.15, 0.2) is 0 Å². The molecule has 1 aromatic rings. The molecule has 3 heterocycles. The maximum Gasteiger partial charge on any atom is 0.274 e. The first-order valence-electron chi connectivity index (χ1n) is 10.7. The van der Waals surface area contributed by atoms with Crippen molar-refractivity contribution in [2.24, 2.45) is 0 Å². The van der Waals surface area contributed by atoms with E-state index in [1.165, 1.54) is 45.2 Å². The fourth-order valence-corrected chi connectivity index (χ4v) is 4.74.